The van der Waals surface area contributed by atoms with Crippen LogP contribution in [0.5, 0.6) is 0 Å². The third kappa shape index (κ3) is 5.70. The minimum Gasteiger partial charge on any atom is -0.466 e. The van der Waals surface area contributed by atoms with Crippen LogP contribution in [0, 0.1) is 0 Å². The summed E-state index contributed by atoms with van der Waals surface area (Å²) < 4.78 is 9.72. The number of esters is 2. The molecule has 4 nitrogen and oxygen atoms in total. The molecule has 0 aliphatic heterocycles. The second kappa shape index (κ2) is 7.44. The quantitative estimate of drug-likeness (QED) is 0.709. The first kappa shape index (κ1) is 13.2. The van der Waals surface area contributed by atoms with Gasteiger partial charge in [0, 0.05) is 0 Å². The molecule has 0 unspecified atom stereocenters. The Labute approximate surface area is 101 Å². The molecule has 92 valence electrons. The van der Waals surface area contributed by atoms with E-state index in [1.54, 1.807) is 6.92 Å². The highest BCUT2D eigenvalue weighted by Crippen LogP contribution is 2.03. The summed E-state index contributed by atoms with van der Waals surface area (Å²) in [7, 11) is 0. The lowest BCUT2D eigenvalue weighted by Gasteiger charge is -2.04. The molecule has 0 atom stereocenters. The summed E-state index contributed by atoms with van der Waals surface area (Å²) in [5, 5.41) is 0. The number of carbonyl (C=O) groups excluding carboxylic acids is 2. The summed E-state index contributed by atoms with van der Waals surface area (Å²) in [6.07, 6.45) is 0.132. The van der Waals surface area contributed by atoms with Crippen molar-refractivity contribution in [3.05, 3.63) is 35.9 Å². The Bertz CT molecular complexity index is 359. The molecule has 17 heavy (non-hydrogen) atoms. The van der Waals surface area contributed by atoms with Crippen molar-refractivity contribution in [2.24, 2.45) is 0 Å². The van der Waals surface area contributed by atoms with Crippen LogP contribution in [0.4, 0.5) is 0 Å². The lowest BCUT2D eigenvalue weighted by molar-refractivity contribution is -0.150. The molecule has 0 spiro atoms. The number of ether oxygens (including phenoxy) is 2. The Hall–Kier alpha value is -1.84. The topological polar surface area (TPSA) is 52.6 Å². The van der Waals surface area contributed by atoms with Crippen molar-refractivity contribution in [3.8, 4) is 0 Å². The molecule has 0 N–H and O–H groups in total. The molecule has 0 aliphatic rings. The highest BCUT2D eigenvalue weighted by molar-refractivity contribution is 5.77. The molecule has 0 saturated carbocycles. The van der Waals surface area contributed by atoms with Gasteiger partial charge in [-0.25, -0.2) is 0 Å². The van der Waals surface area contributed by atoms with Gasteiger partial charge >= 0.3 is 11.9 Å². The van der Waals surface area contributed by atoms with E-state index in [1.807, 2.05) is 30.3 Å². The zero-order chi connectivity index (χ0) is 12.5. The van der Waals surface area contributed by atoms with Crippen LogP contribution in [0.15, 0.2) is 30.3 Å². The minimum atomic E-state index is -0.387. The Morgan fingerprint density at radius 3 is 2.18 bits per heavy atom. The lowest BCUT2D eigenvalue weighted by Crippen LogP contribution is -2.10. The average molecular weight is 236 g/mol. The van der Waals surface area contributed by atoms with Gasteiger partial charge in [-0.2, -0.15) is 0 Å². The molecule has 1 aromatic carbocycles. The summed E-state index contributed by atoms with van der Waals surface area (Å²) in [5.74, 6) is -0.758. The summed E-state index contributed by atoms with van der Waals surface area (Å²) in [5.41, 5.74) is 0.928. The van der Waals surface area contributed by atoms with Crippen molar-refractivity contribution in [2.45, 2.75) is 26.4 Å². The molecule has 1 aromatic rings. The Morgan fingerprint density at radius 2 is 1.59 bits per heavy atom. The van der Waals surface area contributed by atoms with E-state index in [0.29, 0.717) is 6.61 Å². The molecule has 0 amide bonds. The van der Waals surface area contributed by atoms with Crippen LogP contribution >= 0.6 is 0 Å². The van der Waals surface area contributed by atoms with Gasteiger partial charge in [0.15, 0.2) is 0 Å². The van der Waals surface area contributed by atoms with E-state index in [9.17, 15) is 9.59 Å². The van der Waals surface area contributed by atoms with Crippen LogP contribution in [-0.4, -0.2) is 18.5 Å². The molecular weight excluding hydrogens is 220 g/mol. The van der Waals surface area contributed by atoms with Gasteiger partial charge in [-0.3, -0.25) is 9.59 Å². The van der Waals surface area contributed by atoms with E-state index in [2.05, 4.69) is 0 Å². The molecule has 0 fully saturated rings. The van der Waals surface area contributed by atoms with Gasteiger partial charge in [0.05, 0.1) is 19.4 Å². The van der Waals surface area contributed by atoms with Gasteiger partial charge in [0.25, 0.3) is 0 Å². The summed E-state index contributed by atoms with van der Waals surface area (Å²) in [6.45, 7) is 2.30. The average Bonchev–Trinajstić information content (AvgIpc) is 2.35. The minimum absolute atomic E-state index is 0.0612. The summed E-state index contributed by atoms with van der Waals surface area (Å²) in [6, 6.07) is 9.40. The van der Waals surface area contributed by atoms with Gasteiger partial charge < -0.3 is 9.47 Å². The molecule has 0 heterocycles. The maximum absolute atomic E-state index is 11.3. The molecular formula is C13H16O4. The second-order valence-electron chi connectivity index (χ2n) is 3.45. The number of benzene rings is 1. The first-order chi connectivity index (χ1) is 8.22. The third-order valence-electron chi connectivity index (χ3n) is 2.08. The van der Waals surface area contributed by atoms with Gasteiger partial charge in [-0.1, -0.05) is 30.3 Å². The predicted molar refractivity (Wildman–Crippen MR) is 62.1 cm³/mol. The van der Waals surface area contributed by atoms with Crippen LogP contribution in [0.25, 0.3) is 0 Å². The second-order valence-corrected chi connectivity index (χ2v) is 3.45. The molecule has 0 aliphatic carbocycles. The van der Waals surface area contributed by atoms with Crippen LogP contribution in [0.3, 0.4) is 0 Å². The van der Waals surface area contributed by atoms with Gasteiger partial charge in [0.2, 0.25) is 0 Å². The normalized spacial score (nSPS) is 9.71. The monoisotopic (exact) mass is 236 g/mol. The van der Waals surface area contributed by atoms with E-state index in [1.165, 1.54) is 0 Å². The van der Waals surface area contributed by atoms with E-state index in [-0.39, 0.29) is 31.4 Å². The van der Waals surface area contributed by atoms with Crippen LogP contribution in [0.1, 0.15) is 25.3 Å². The molecule has 4 heteroatoms. The van der Waals surface area contributed by atoms with Crippen molar-refractivity contribution in [1.29, 1.82) is 0 Å². The van der Waals surface area contributed by atoms with E-state index >= 15 is 0 Å². The van der Waals surface area contributed by atoms with Gasteiger partial charge in [-0.15, -0.1) is 0 Å². The van der Waals surface area contributed by atoms with E-state index in [0.717, 1.165) is 5.56 Å². The summed E-state index contributed by atoms with van der Waals surface area (Å²) in [4.78, 5) is 22.3. The largest absolute Gasteiger partial charge is 0.466 e. The molecule has 1 rings (SSSR count). The van der Waals surface area contributed by atoms with E-state index in [4.69, 9.17) is 9.47 Å². The van der Waals surface area contributed by atoms with Crippen LogP contribution in [0.2, 0.25) is 0 Å². The van der Waals surface area contributed by atoms with Gasteiger partial charge in [-0.05, 0) is 12.5 Å². The van der Waals surface area contributed by atoms with Crippen LogP contribution in [-0.2, 0) is 25.7 Å². The smallest absolute Gasteiger partial charge is 0.306 e. The standard InChI is InChI=1S/C13H16O4/c1-2-16-12(14)8-9-13(15)17-10-11-6-4-3-5-7-11/h3-7H,2,8-10H2,1H3. The van der Waals surface area contributed by atoms with Gasteiger partial charge in [0.1, 0.15) is 6.61 Å². The molecule has 0 aromatic heterocycles. The number of hydrogen-bond acceptors (Lipinski definition) is 4. The summed E-state index contributed by atoms with van der Waals surface area (Å²) >= 11 is 0. The molecule has 0 radical (unpaired) electrons. The first-order valence-corrected chi connectivity index (χ1v) is 5.57. The predicted octanol–water partition coefficient (Wildman–Crippen LogP) is 2.07. The zero-order valence-corrected chi connectivity index (χ0v) is 9.85. The first-order valence-electron chi connectivity index (χ1n) is 5.57. The van der Waals surface area contributed by atoms with E-state index < -0.39 is 0 Å². The van der Waals surface area contributed by atoms with Crippen molar-refractivity contribution in [3.63, 3.8) is 0 Å². The SMILES string of the molecule is CCOC(=O)CCC(=O)OCc1ccccc1. The van der Waals surface area contributed by atoms with Crippen molar-refractivity contribution in [2.75, 3.05) is 6.61 Å². The molecule has 0 bridgehead atoms. The fourth-order valence-electron chi connectivity index (χ4n) is 1.25. The van der Waals surface area contributed by atoms with Crippen molar-refractivity contribution in [1.82, 2.24) is 0 Å². The Kier molecular flexibility index (Phi) is 5.79. The lowest BCUT2D eigenvalue weighted by atomic mass is 10.2. The maximum Gasteiger partial charge on any atom is 0.306 e. The highest BCUT2D eigenvalue weighted by atomic mass is 16.5. The third-order valence-corrected chi connectivity index (χ3v) is 2.08. The molecule has 0 saturated heterocycles. The Morgan fingerprint density at radius 1 is 1.00 bits per heavy atom. The number of rotatable bonds is 6. The fraction of sp³-hybridized carbons (Fsp3) is 0.385. The maximum atomic E-state index is 11.3. The highest BCUT2D eigenvalue weighted by Gasteiger charge is 2.08. The fourth-order valence-corrected chi connectivity index (χ4v) is 1.25. The Balaban J connectivity index is 2.20. The van der Waals surface area contributed by atoms with Crippen molar-refractivity contribution < 1.29 is 19.1 Å². The number of hydrogen-bond donors (Lipinski definition) is 0. The zero-order valence-electron chi connectivity index (χ0n) is 9.85. The van der Waals surface area contributed by atoms with Crippen LogP contribution < -0.4 is 0 Å². The van der Waals surface area contributed by atoms with Crippen molar-refractivity contribution >= 4 is 11.9 Å². The number of carbonyl (C=O) groups is 2.